The van der Waals surface area contributed by atoms with Crippen LogP contribution in [0.4, 0.5) is 10.1 Å². The van der Waals surface area contributed by atoms with Crippen LogP contribution in [0.15, 0.2) is 83.4 Å². The Hall–Kier alpha value is -4.57. The average Bonchev–Trinajstić information content (AvgIpc) is 3.49. The van der Waals surface area contributed by atoms with Crippen LogP contribution in [-0.4, -0.2) is 32.2 Å². The van der Waals surface area contributed by atoms with E-state index in [0.29, 0.717) is 27.8 Å². The Labute approximate surface area is 209 Å². The van der Waals surface area contributed by atoms with Gasteiger partial charge in [0.15, 0.2) is 5.11 Å². The number of carbonyl (C=O) groups is 2. The predicted octanol–water partition coefficient (Wildman–Crippen LogP) is 5.05. The van der Waals surface area contributed by atoms with E-state index in [2.05, 4.69) is 10.3 Å². The molecule has 0 spiro atoms. The first-order chi connectivity index (χ1) is 17.3. The van der Waals surface area contributed by atoms with Gasteiger partial charge in [-0.1, -0.05) is 6.07 Å². The smallest absolute Gasteiger partial charge is 0.335 e. The van der Waals surface area contributed by atoms with E-state index in [9.17, 15) is 24.2 Å². The van der Waals surface area contributed by atoms with Crippen molar-refractivity contribution in [3.63, 3.8) is 0 Å². The van der Waals surface area contributed by atoms with Crippen molar-refractivity contribution in [1.82, 2.24) is 10.3 Å². The van der Waals surface area contributed by atoms with Crippen molar-refractivity contribution in [2.24, 2.45) is 0 Å². The highest BCUT2D eigenvalue weighted by atomic mass is 32.1. The maximum absolute atomic E-state index is 13.6. The van der Waals surface area contributed by atoms with Crippen molar-refractivity contribution in [3.05, 3.63) is 107 Å². The van der Waals surface area contributed by atoms with E-state index in [0.717, 1.165) is 6.07 Å². The molecule has 0 radical (unpaired) electrons. The molecule has 5 rings (SSSR count). The number of hydrogen-bond donors (Lipinski definition) is 3. The third kappa shape index (κ3) is 4.29. The normalized spacial score (nSPS) is 17.1. The van der Waals surface area contributed by atoms with Gasteiger partial charge in [0, 0.05) is 17.4 Å². The van der Waals surface area contributed by atoms with Gasteiger partial charge in [0.05, 0.1) is 22.9 Å². The molecular weight excluding hydrogens is 485 g/mol. The topological polar surface area (TPSA) is 116 Å². The molecule has 0 aliphatic carbocycles. The Balaban J connectivity index is 1.61. The average molecular weight is 504 g/mol. The minimum Gasteiger partial charge on any atom is -0.478 e. The summed E-state index contributed by atoms with van der Waals surface area (Å²) in [5, 5.41) is 22.5. The molecule has 0 amide bonds. The summed E-state index contributed by atoms with van der Waals surface area (Å²) in [6.45, 7) is 0. The largest absolute Gasteiger partial charge is 0.478 e. The Morgan fingerprint density at radius 1 is 0.972 bits per heavy atom. The minimum atomic E-state index is -1.26. The third-order valence-corrected chi connectivity index (χ3v) is 6.15. The zero-order valence-electron chi connectivity index (χ0n) is 18.5. The van der Waals surface area contributed by atoms with Gasteiger partial charge in [-0.05, 0) is 78.9 Å². The number of nitrogens with one attached hydrogen (secondary N) is 1. The second kappa shape index (κ2) is 9.23. The molecule has 2 aromatic carbocycles. The predicted molar refractivity (Wildman–Crippen MR) is 132 cm³/mol. The summed E-state index contributed by atoms with van der Waals surface area (Å²) in [5.74, 6) is -2.15. The molecule has 36 heavy (non-hydrogen) atoms. The first kappa shape index (κ1) is 23.2. The number of furan rings is 1. The van der Waals surface area contributed by atoms with Crippen LogP contribution in [0.3, 0.4) is 0 Å². The molecule has 2 aromatic heterocycles. The van der Waals surface area contributed by atoms with E-state index in [1.807, 2.05) is 12.1 Å². The lowest BCUT2D eigenvalue weighted by Gasteiger charge is -2.26. The molecule has 2 unspecified atom stereocenters. The molecule has 180 valence electrons. The lowest BCUT2D eigenvalue weighted by atomic mass is 10.0. The van der Waals surface area contributed by atoms with Gasteiger partial charge in [0.1, 0.15) is 23.4 Å². The zero-order valence-corrected chi connectivity index (χ0v) is 19.3. The van der Waals surface area contributed by atoms with Crippen LogP contribution in [0.25, 0.3) is 11.3 Å². The number of thiocarbonyl (C=S) groups is 1. The highest BCUT2D eigenvalue weighted by Crippen LogP contribution is 2.43. The van der Waals surface area contributed by atoms with Crippen molar-refractivity contribution in [3.8, 4) is 11.3 Å². The van der Waals surface area contributed by atoms with E-state index in [-0.39, 0.29) is 22.7 Å². The van der Waals surface area contributed by atoms with Gasteiger partial charge in [0.25, 0.3) is 0 Å². The standard InChI is InChI=1S/C26H18FN3O5S/c27-17-4-6-18(7-5-17)30-23(22(29-26(30)36)19-3-1-2-10-28-19)21-9-8-20(35-21)14-11-15(24(31)32)13-16(12-14)25(33)34/h1-13,22-23H,(H,29,36)(H,31,32)(H,33,34). The first-order valence-electron chi connectivity index (χ1n) is 10.8. The van der Waals surface area contributed by atoms with Crippen molar-refractivity contribution in [1.29, 1.82) is 0 Å². The maximum Gasteiger partial charge on any atom is 0.335 e. The Kier molecular flexibility index (Phi) is 5.95. The van der Waals surface area contributed by atoms with Gasteiger partial charge < -0.3 is 24.8 Å². The highest BCUT2D eigenvalue weighted by molar-refractivity contribution is 7.80. The second-order valence-corrected chi connectivity index (χ2v) is 8.47. The minimum absolute atomic E-state index is 0.175. The molecule has 3 N–H and O–H groups in total. The molecule has 1 aliphatic rings. The molecule has 8 nitrogen and oxygen atoms in total. The second-order valence-electron chi connectivity index (χ2n) is 8.08. The highest BCUT2D eigenvalue weighted by Gasteiger charge is 2.42. The quantitative estimate of drug-likeness (QED) is 0.311. The van der Waals surface area contributed by atoms with Crippen LogP contribution in [-0.2, 0) is 0 Å². The summed E-state index contributed by atoms with van der Waals surface area (Å²) in [5.41, 5.74) is 1.29. The van der Waals surface area contributed by atoms with Crippen LogP contribution in [0.5, 0.6) is 0 Å². The van der Waals surface area contributed by atoms with Crippen LogP contribution < -0.4 is 10.2 Å². The zero-order chi connectivity index (χ0) is 25.4. The van der Waals surface area contributed by atoms with E-state index in [4.69, 9.17) is 16.6 Å². The van der Waals surface area contributed by atoms with Crippen LogP contribution in [0.1, 0.15) is 44.3 Å². The van der Waals surface area contributed by atoms with Gasteiger partial charge >= 0.3 is 11.9 Å². The molecule has 1 aliphatic heterocycles. The molecule has 10 heteroatoms. The van der Waals surface area contributed by atoms with Crippen molar-refractivity contribution in [2.75, 3.05) is 4.90 Å². The number of benzene rings is 2. The number of carboxylic acids is 2. The third-order valence-electron chi connectivity index (χ3n) is 5.83. The number of anilines is 1. The van der Waals surface area contributed by atoms with Crippen molar-refractivity contribution in [2.45, 2.75) is 12.1 Å². The fraction of sp³-hybridized carbons (Fsp3) is 0.0769. The maximum atomic E-state index is 13.6. The van der Waals surface area contributed by atoms with Crippen LogP contribution in [0.2, 0.25) is 0 Å². The number of rotatable bonds is 6. The molecule has 0 bridgehead atoms. The lowest BCUT2D eigenvalue weighted by Crippen LogP contribution is -2.29. The van der Waals surface area contributed by atoms with Gasteiger partial charge in [-0.25, -0.2) is 14.0 Å². The molecule has 4 aromatic rings. The Bertz CT molecular complexity index is 1440. The number of halogens is 1. The van der Waals surface area contributed by atoms with Crippen LogP contribution in [0, 0.1) is 5.82 Å². The first-order valence-corrected chi connectivity index (χ1v) is 11.2. The number of aromatic carboxylic acids is 2. The van der Waals surface area contributed by atoms with E-state index in [1.54, 1.807) is 41.4 Å². The fourth-order valence-electron chi connectivity index (χ4n) is 4.21. The number of pyridine rings is 1. The van der Waals surface area contributed by atoms with E-state index < -0.39 is 24.0 Å². The number of nitrogens with zero attached hydrogens (tertiary/aromatic N) is 2. The molecule has 2 atom stereocenters. The van der Waals surface area contributed by atoms with Gasteiger partial charge in [-0.15, -0.1) is 0 Å². The number of aromatic nitrogens is 1. The van der Waals surface area contributed by atoms with Gasteiger partial charge in [0.2, 0.25) is 0 Å². The van der Waals surface area contributed by atoms with E-state index >= 15 is 0 Å². The number of carboxylic acid groups (broad SMARTS) is 2. The summed E-state index contributed by atoms with van der Waals surface area (Å²) >= 11 is 5.62. The summed E-state index contributed by atoms with van der Waals surface area (Å²) < 4.78 is 19.8. The van der Waals surface area contributed by atoms with Crippen molar-refractivity contribution < 1.29 is 28.6 Å². The SMILES string of the molecule is O=C(O)c1cc(C(=O)O)cc(-c2ccc(C3C(c4ccccn4)NC(=S)N3c3ccc(F)cc3)o2)c1. The Morgan fingerprint density at radius 2 is 1.67 bits per heavy atom. The molecule has 0 saturated carbocycles. The number of hydrogen-bond acceptors (Lipinski definition) is 5. The molecular formula is C26H18FN3O5S. The van der Waals surface area contributed by atoms with Gasteiger partial charge in [-0.3, -0.25) is 4.98 Å². The van der Waals surface area contributed by atoms with Crippen LogP contribution >= 0.6 is 12.2 Å². The summed E-state index contributed by atoms with van der Waals surface area (Å²) in [4.78, 5) is 29.4. The van der Waals surface area contributed by atoms with Gasteiger partial charge in [-0.2, -0.15) is 0 Å². The molecule has 1 saturated heterocycles. The monoisotopic (exact) mass is 503 g/mol. The van der Waals surface area contributed by atoms with Crippen molar-refractivity contribution >= 4 is 35.0 Å². The molecule has 1 fully saturated rings. The Morgan fingerprint density at radius 3 is 2.28 bits per heavy atom. The molecule has 3 heterocycles. The summed E-state index contributed by atoms with van der Waals surface area (Å²) in [7, 11) is 0. The van der Waals surface area contributed by atoms with E-state index in [1.165, 1.54) is 24.3 Å². The fourth-order valence-corrected chi connectivity index (χ4v) is 4.55. The lowest BCUT2D eigenvalue weighted by molar-refractivity contribution is 0.0696. The summed E-state index contributed by atoms with van der Waals surface area (Å²) in [6, 6.07) is 17.6. The summed E-state index contributed by atoms with van der Waals surface area (Å²) in [6.07, 6.45) is 1.66.